The van der Waals surface area contributed by atoms with Gasteiger partial charge in [0, 0.05) is 47.3 Å². The standard InChI is InChI=1S/C36H34N6O2/c1-21-11-13-29-31(17-21)41-25(5)33(35(43)27-9-7-15-37-19-27)24(4)40-30-14-12-22(2)18-32(30)42-26(6)34(23(3)39-29)36(44)28-10-8-16-38-20-28/h7-20,39-40H,1-6H3/b33-24+,34-23+,41-25?,42-26?. The summed E-state index contributed by atoms with van der Waals surface area (Å²) >= 11 is 0. The van der Waals surface area contributed by atoms with Crippen LogP contribution < -0.4 is 10.6 Å². The molecule has 2 N–H and O–H groups in total. The summed E-state index contributed by atoms with van der Waals surface area (Å²) in [4.78, 5) is 46.2. The van der Waals surface area contributed by atoms with Crippen LogP contribution in [-0.4, -0.2) is 33.0 Å². The van der Waals surface area contributed by atoms with Gasteiger partial charge in [0.25, 0.3) is 0 Å². The second-order valence-corrected chi connectivity index (χ2v) is 10.8. The Labute approximate surface area is 257 Å². The molecule has 5 rings (SSSR count). The van der Waals surface area contributed by atoms with Crippen LogP contribution in [0.1, 0.15) is 59.5 Å². The van der Waals surface area contributed by atoms with Crippen LogP contribution in [0.25, 0.3) is 0 Å². The van der Waals surface area contributed by atoms with Crippen molar-refractivity contribution in [1.29, 1.82) is 0 Å². The summed E-state index contributed by atoms with van der Waals surface area (Å²) in [5.74, 6) is -0.403. The molecule has 0 unspecified atom stereocenters. The molecule has 3 heterocycles. The third kappa shape index (κ3) is 6.44. The van der Waals surface area contributed by atoms with Gasteiger partial charge in [0.2, 0.25) is 0 Å². The number of ketones is 2. The number of nitrogens with one attached hydrogen (secondary N) is 2. The zero-order valence-corrected chi connectivity index (χ0v) is 25.7. The fraction of sp³-hybridized carbons (Fsp3) is 0.167. The number of nitrogens with zero attached hydrogens (tertiary/aromatic N) is 4. The molecular weight excluding hydrogens is 548 g/mol. The SMILES string of the molecule is CC1=Nc2cc(C)ccc2N/C(C)=C(/C(=O)c2cccnc2)C(C)=Nc2cc(C)ccc2N/C(C)=C\1C(=O)c1cccnc1. The Hall–Kier alpha value is -5.50. The van der Waals surface area contributed by atoms with E-state index in [0.29, 0.717) is 67.8 Å². The molecule has 2 aromatic heterocycles. The summed E-state index contributed by atoms with van der Waals surface area (Å²) in [6.07, 6.45) is 6.39. The monoisotopic (exact) mass is 582 g/mol. The first-order chi connectivity index (χ1) is 21.1. The molecule has 0 spiro atoms. The lowest BCUT2D eigenvalue weighted by atomic mass is 9.98. The van der Waals surface area contributed by atoms with Crippen molar-refractivity contribution in [2.24, 2.45) is 9.98 Å². The average molecular weight is 583 g/mol. The van der Waals surface area contributed by atoms with Gasteiger partial charge in [-0.2, -0.15) is 0 Å². The molecule has 44 heavy (non-hydrogen) atoms. The number of hydrogen-bond acceptors (Lipinski definition) is 8. The van der Waals surface area contributed by atoms with Crippen molar-refractivity contribution in [2.45, 2.75) is 41.5 Å². The van der Waals surface area contributed by atoms with Crippen LogP contribution in [0, 0.1) is 13.8 Å². The number of aryl methyl sites for hydroxylation is 2. The molecule has 220 valence electrons. The van der Waals surface area contributed by atoms with Gasteiger partial charge < -0.3 is 10.6 Å². The maximum absolute atomic E-state index is 14.0. The molecule has 2 aromatic carbocycles. The number of allylic oxidation sites excluding steroid dienone is 4. The van der Waals surface area contributed by atoms with Crippen LogP contribution in [0.5, 0.6) is 0 Å². The number of aliphatic imine (C=N–C) groups is 2. The van der Waals surface area contributed by atoms with Crippen LogP contribution in [0.15, 0.2) is 118 Å². The Kier molecular flexibility index (Phi) is 8.71. The highest BCUT2D eigenvalue weighted by molar-refractivity contribution is 6.29. The van der Waals surface area contributed by atoms with E-state index in [-0.39, 0.29) is 11.6 Å². The van der Waals surface area contributed by atoms with Crippen molar-refractivity contribution in [2.75, 3.05) is 10.6 Å². The maximum Gasteiger partial charge on any atom is 0.198 e. The van der Waals surface area contributed by atoms with E-state index in [9.17, 15) is 9.59 Å². The summed E-state index contributed by atoms with van der Waals surface area (Å²) in [5.41, 5.74) is 8.64. The van der Waals surface area contributed by atoms with Crippen molar-refractivity contribution in [3.63, 3.8) is 0 Å². The fourth-order valence-corrected chi connectivity index (χ4v) is 5.18. The number of carbonyl (C=O) groups is 2. The van der Waals surface area contributed by atoms with Gasteiger partial charge in [0.15, 0.2) is 11.6 Å². The smallest absolute Gasteiger partial charge is 0.198 e. The van der Waals surface area contributed by atoms with Gasteiger partial charge in [-0.25, -0.2) is 0 Å². The van der Waals surface area contributed by atoms with E-state index in [1.807, 2.05) is 77.9 Å². The molecule has 0 bridgehead atoms. The van der Waals surface area contributed by atoms with E-state index >= 15 is 0 Å². The molecular formula is C36H34N6O2. The van der Waals surface area contributed by atoms with Gasteiger partial charge in [0.1, 0.15) is 0 Å². The second kappa shape index (κ2) is 12.8. The molecule has 4 aromatic rings. The summed E-state index contributed by atoms with van der Waals surface area (Å²) in [6.45, 7) is 11.3. The molecule has 1 aliphatic heterocycles. The first-order valence-corrected chi connectivity index (χ1v) is 14.3. The summed E-state index contributed by atoms with van der Waals surface area (Å²) in [7, 11) is 0. The van der Waals surface area contributed by atoms with Crippen LogP contribution in [0.4, 0.5) is 22.7 Å². The molecule has 0 saturated carbocycles. The minimum Gasteiger partial charge on any atom is -0.357 e. The van der Waals surface area contributed by atoms with E-state index in [2.05, 4.69) is 20.6 Å². The maximum atomic E-state index is 14.0. The third-order valence-corrected chi connectivity index (χ3v) is 7.30. The summed E-state index contributed by atoms with van der Waals surface area (Å²) < 4.78 is 0. The molecule has 0 atom stereocenters. The Bertz CT molecular complexity index is 1750. The van der Waals surface area contributed by atoms with Crippen LogP contribution in [0.2, 0.25) is 0 Å². The van der Waals surface area contributed by atoms with E-state index in [4.69, 9.17) is 9.98 Å². The van der Waals surface area contributed by atoms with Crippen LogP contribution in [-0.2, 0) is 0 Å². The van der Waals surface area contributed by atoms with E-state index in [0.717, 1.165) is 11.1 Å². The lowest BCUT2D eigenvalue weighted by molar-refractivity contribution is 0.103. The van der Waals surface area contributed by atoms with E-state index in [1.165, 1.54) is 0 Å². The Morgan fingerprint density at radius 2 is 0.977 bits per heavy atom. The second-order valence-electron chi connectivity index (χ2n) is 10.8. The molecule has 8 heteroatoms. The zero-order chi connectivity index (χ0) is 31.4. The first kappa shape index (κ1) is 30.0. The van der Waals surface area contributed by atoms with E-state index < -0.39 is 0 Å². The number of Topliss-reactive ketones (excluding diaryl/α,β-unsaturated/α-hetero) is 2. The van der Waals surface area contributed by atoms with Gasteiger partial charge in [0.05, 0.1) is 45.3 Å². The van der Waals surface area contributed by atoms with Gasteiger partial charge >= 0.3 is 0 Å². The van der Waals surface area contributed by atoms with Crippen molar-refractivity contribution in [3.8, 4) is 0 Å². The Morgan fingerprint density at radius 3 is 1.34 bits per heavy atom. The molecule has 0 radical (unpaired) electrons. The number of pyridine rings is 2. The quantitative estimate of drug-likeness (QED) is 0.235. The topological polar surface area (TPSA) is 109 Å². The number of rotatable bonds is 4. The number of fused-ring (bicyclic) bond motifs is 2. The lowest BCUT2D eigenvalue weighted by Crippen LogP contribution is -2.18. The Morgan fingerprint density at radius 1 is 0.568 bits per heavy atom. The van der Waals surface area contributed by atoms with Gasteiger partial charge in [-0.15, -0.1) is 0 Å². The summed E-state index contributed by atoms with van der Waals surface area (Å²) in [5, 5.41) is 6.88. The highest BCUT2D eigenvalue weighted by atomic mass is 16.1. The molecule has 0 fully saturated rings. The molecule has 0 saturated heterocycles. The van der Waals surface area contributed by atoms with Crippen LogP contribution in [0.3, 0.4) is 0 Å². The number of anilines is 2. The number of aromatic nitrogens is 2. The predicted molar refractivity (Wildman–Crippen MR) is 178 cm³/mol. The number of carbonyl (C=O) groups excluding carboxylic acids is 2. The minimum atomic E-state index is -0.202. The minimum absolute atomic E-state index is 0.202. The van der Waals surface area contributed by atoms with Crippen molar-refractivity contribution >= 4 is 45.7 Å². The van der Waals surface area contributed by atoms with Gasteiger partial charge in [-0.1, -0.05) is 12.1 Å². The average Bonchev–Trinajstić information content (AvgIpc) is 3.00. The fourth-order valence-electron chi connectivity index (χ4n) is 5.18. The molecule has 1 aliphatic rings. The normalized spacial score (nSPS) is 17.1. The molecule has 8 nitrogen and oxygen atoms in total. The zero-order valence-electron chi connectivity index (χ0n) is 25.7. The highest BCUT2D eigenvalue weighted by Gasteiger charge is 2.23. The third-order valence-electron chi connectivity index (χ3n) is 7.30. The van der Waals surface area contributed by atoms with Gasteiger partial charge in [-0.3, -0.25) is 29.5 Å². The lowest BCUT2D eigenvalue weighted by Gasteiger charge is -2.19. The van der Waals surface area contributed by atoms with Crippen molar-refractivity contribution in [1.82, 2.24) is 9.97 Å². The predicted octanol–water partition coefficient (Wildman–Crippen LogP) is 8.13. The molecule has 0 amide bonds. The summed E-state index contributed by atoms with van der Waals surface area (Å²) in [6, 6.07) is 18.6. The Balaban J connectivity index is 1.79. The largest absolute Gasteiger partial charge is 0.357 e. The molecule has 0 aliphatic carbocycles. The van der Waals surface area contributed by atoms with Crippen LogP contribution >= 0.6 is 0 Å². The van der Waals surface area contributed by atoms with Crippen molar-refractivity contribution < 1.29 is 9.59 Å². The first-order valence-electron chi connectivity index (χ1n) is 14.3. The number of benzene rings is 2. The van der Waals surface area contributed by atoms with Crippen molar-refractivity contribution in [3.05, 3.63) is 130 Å². The number of hydrogen-bond donors (Lipinski definition) is 2. The highest BCUT2D eigenvalue weighted by Crippen LogP contribution is 2.33. The van der Waals surface area contributed by atoms with E-state index in [1.54, 1.807) is 49.1 Å². The van der Waals surface area contributed by atoms with Gasteiger partial charge in [-0.05, 0) is 101 Å².